The van der Waals surface area contributed by atoms with Gasteiger partial charge < -0.3 is 19.7 Å². The van der Waals surface area contributed by atoms with E-state index in [4.69, 9.17) is 9.47 Å². The number of aromatic hydroxyl groups is 2. The lowest BCUT2D eigenvalue weighted by Gasteiger charge is -2.08. The first-order valence-corrected chi connectivity index (χ1v) is 8.71. The molecular weight excluding hydrogens is 392 g/mol. The summed E-state index contributed by atoms with van der Waals surface area (Å²) in [6.45, 7) is 3.14. The lowest BCUT2D eigenvalue weighted by atomic mass is 10.2. The third-order valence-corrected chi connectivity index (χ3v) is 4.10. The highest BCUT2D eigenvalue weighted by Crippen LogP contribution is 2.30. The van der Waals surface area contributed by atoms with Crippen LogP contribution in [-0.2, 0) is 0 Å². The average molecular weight is 414 g/mol. The summed E-state index contributed by atoms with van der Waals surface area (Å²) >= 11 is 0. The van der Waals surface area contributed by atoms with E-state index in [1.54, 1.807) is 26.0 Å². The topological polar surface area (TPSA) is 142 Å². The smallest absolute Gasteiger partial charge is 0.275 e. The van der Waals surface area contributed by atoms with E-state index in [2.05, 4.69) is 21.1 Å². The molecular formula is C20H22N4O6. The lowest BCUT2D eigenvalue weighted by Crippen LogP contribution is -2.24. The molecule has 10 nitrogen and oxygen atoms in total. The summed E-state index contributed by atoms with van der Waals surface area (Å²) in [7, 11) is 2.75. The first-order chi connectivity index (χ1) is 14.3. The van der Waals surface area contributed by atoms with Crippen LogP contribution in [0.3, 0.4) is 0 Å². The molecule has 4 N–H and O–H groups in total. The highest BCUT2D eigenvalue weighted by atomic mass is 16.5. The molecule has 2 aromatic rings. The number of phenols is 2. The number of hydrogen-bond donors (Lipinski definition) is 4. The van der Waals surface area contributed by atoms with Crippen molar-refractivity contribution in [2.45, 2.75) is 13.8 Å². The summed E-state index contributed by atoms with van der Waals surface area (Å²) in [4.78, 5) is 24.5. The van der Waals surface area contributed by atoms with Gasteiger partial charge in [0.25, 0.3) is 11.8 Å². The number of hydrogen-bond acceptors (Lipinski definition) is 8. The van der Waals surface area contributed by atoms with E-state index in [0.29, 0.717) is 11.4 Å². The van der Waals surface area contributed by atoms with Crippen LogP contribution < -0.4 is 20.3 Å². The zero-order valence-corrected chi connectivity index (χ0v) is 16.9. The molecule has 0 saturated heterocycles. The molecule has 0 aliphatic heterocycles. The van der Waals surface area contributed by atoms with E-state index in [0.717, 1.165) is 0 Å². The minimum atomic E-state index is -0.649. The van der Waals surface area contributed by atoms with Gasteiger partial charge in [0, 0.05) is 0 Å². The summed E-state index contributed by atoms with van der Waals surface area (Å²) in [5, 5.41) is 27.8. The number of nitrogens with zero attached hydrogens (tertiary/aromatic N) is 2. The minimum Gasteiger partial charge on any atom is -0.504 e. The Morgan fingerprint density at radius 3 is 1.47 bits per heavy atom. The van der Waals surface area contributed by atoms with Crippen LogP contribution in [0.1, 0.15) is 34.6 Å². The number of rotatable bonds is 7. The summed E-state index contributed by atoms with van der Waals surface area (Å²) < 4.78 is 9.93. The van der Waals surface area contributed by atoms with Gasteiger partial charge in [0.2, 0.25) is 0 Å². The molecule has 158 valence electrons. The van der Waals surface area contributed by atoms with Gasteiger partial charge in [-0.05, 0) is 38.1 Å². The summed E-state index contributed by atoms with van der Waals surface area (Å²) in [5.41, 5.74) is 5.19. The predicted molar refractivity (Wildman–Crippen MR) is 110 cm³/mol. The molecule has 0 bridgehead atoms. The van der Waals surface area contributed by atoms with Crippen molar-refractivity contribution in [1.82, 2.24) is 10.9 Å². The number of hydrazone groups is 2. The second kappa shape index (κ2) is 9.92. The Morgan fingerprint density at radius 2 is 1.13 bits per heavy atom. The van der Waals surface area contributed by atoms with E-state index in [1.807, 2.05) is 0 Å². The fraction of sp³-hybridized carbons (Fsp3) is 0.200. The largest absolute Gasteiger partial charge is 0.504 e. The van der Waals surface area contributed by atoms with Crippen molar-refractivity contribution >= 4 is 23.2 Å². The zero-order chi connectivity index (χ0) is 22.3. The van der Waals surface area contributed by atoms with Gasteiger partial charge in [0.1, 0.15) is 0 Å². The standard InChI is InChI=1S/C20H22N4O6/c1-11(21-23-19(27)13-7-5-9-15(29-3)17(13)25)12(2)22-24-20(28)14-8-6-10-16(30-4)18(14)26/h5-10,25-26H,1-4H3,(H,23,27)(H,24,28)/b21-11+,22-12+. The third kappa shape index (κ3) is 5.04. The van der Waals surface area contributed by atoms with Crippen molar-refractivity contribution in [3.8, 4) is 23.0 Å². The fourth-order valence-corrected chi connectivity index (χ4v) is 2.29. The predicted octanol–water partition coefficient (Wildman–Crippen LogP) is 2.03. The number of carbonyl (C=O) groups is 2. The maximum absolute atomic E-state index is 12.2. The van der Waals surface area contributed by atoms with E-state index in [9.17, 15) is 19.8 Å². The molecule has 10 heteroatoms. The van der Waals surface area contributed by atoms with Crippen molar-refractivity contribution < 1.29 is 29.3 Å². The second-order valence-electron chi connectivity index (χ2n) is 5.99. The van der Waals surface area contributed by atoms with Crippen LogP contribution in [0.5, 0.6) is 23.0 Å². The Labute approximate surface area is 172 Å². The summed E-state index contributed by atoms with van der Waals surface area (Å²) in [6.07, 6.45) is 0. The highest BCUT2D eigenvalue weighted by molar-refractivity contribution is 6.40. The van der Waals surface area contributed by atoms with Gasteiger partial charge in [-0.15, -0.1) is 0 Å². The molecule has 2 amide bonds. The number of carbonyl (C=O) groups excluding carboxylic acids is 2. The van der Waals surface area contributed by atoms with Crippen LogP contribution in [0.15, 0.2) is 46.6 Å². The van der Waals surface area contributed by atoms with Crippen molar-refractivity contribution in [2.75, 3.05) is 14.2 Å². The first kappa shape index (κ1) is 22.2. The van der Waals surface area contributed by atoms with Crippen LogP contribution in [0.25, 0.3) is 0 Å². The van der Waals surface area contributed by atoms with Crippen LogP contribution >= 0.6 is 0 Å². The van der Waals surface area contributed by atoms with Gasteiger partial charge in [0.15, 0.2) is 23.0 Å². The number of amides is 2. The summed E-state index contributed by atoms with van der Waals surface area (Å²) in [5.74, 6) is -1.59. The van der Waals surface area contributed by atoms with Gasteiger partial charge in [0.05, 0.1) is 36.8 Å². The molecule has 0 aliphatic rings. The van der Waals surface area contributed by atoms with Crippen molar-refractivity contribution in [3.05, 3.63) is 47.5 Å². The van der Waals surface area contributed by atoms with Crippen LogP contribution in [0.4, 0.5) is 0 Å². The quantitative estimate of drug-likeness (QED) is 0.403. The third-order valence-electron chi connectivity index (χ3n) is 4.10. The Balaban J connectivity index is 2.07. The molecule has 0 spiro atoms. The molecule has 2 rings (SSSR count). The number of nitrogens with one attached hydrogen (secondary N) is 2. The molecule has 0 fully saturated rings. The highest BCUT2D eigenvalue weighted by Gasteiger charge is 2.16. The van der Waals surface area contributed by atoms with E-state index in [-0.39, 0.29) is 34.1 Å². The van der Waals surface area contributed by atoms with Crippen molar-refractivity contribution in [2.24, 2.45) is 10.2 Å². The van der Waals surface area contributed by atoms with Crippen LogP contribution in [0, 0.1) is 0 Å². The Bertz CT molecular complexity index is 935. The summed E-state index contributed by atoms with van der Waals surface area (Å²) in [6, 6.07) is 8.97. The molecule has 0 unspecified atom stereocenters. The molecule has 0 aliphatic carbocycles. The van der Waals surface area contributed by atoms with E-state index < -0.39 is 11.8 Å². The van der Waals surface area contributed by atoms with Crippen LogP contribution in [-0.4, -0.2) is 47.7 Å². The Hall–Kier alpha value is -4.08. The van der Waals surface area contributed by atoms with E-state index >= 15 is 0 Å². The Morgan fingerprint density at radius 1 is 0.767 bits per heavy atom. The van der Waals surface area contributed by atoms with Gasteiger partial charge >= 0.3 is 0 Å². The average Bonchev–Trinajstić information content (AvgIpc) is 2.75. The molecule has 0 radical (unpaired) electrons. The SMILES string of the molecule is COc1cccc(C(=O)N/N=C(C)/C(C)=N/NC(=O)c2cccc(OC)c2O)c1O. The minimum absolute atomic E-state index is 0.0118. The van der Waals surface area contributed by atoms with Crippen LogP contribution in [0.2, 0.25) is 0 Å². The van der Waals surface area contributed by atoms with E-state index in [1.165, 1.54) is 38.5 Å². The second-order valence-corrected chi connectivity index (χ2v) is 5.99. The van der Waals surface area contributed by atoms with Crippen molar-refractivity contribution in [3.63, 3.8) is 0 Å². The molecule has 0 aromatic heterocycles. The monoisotopic (exact) mass is 414 g/mol. The number of methoxy groups -OCH3 is 2. The number of para-hydroxylation sites is 2. The Kier molecular flexibility index (Phi) is 7.34. The molecule has 30 heavy (non-hydrogen) atoms. The van der Waals surface area contributed by atoms with Gasteiger partial charge in [-0.25, -0.2) is 10.9 Å². The molecule has 0 saturated carbocycles. The van der Waals surface area contributed by atoms with Gasteiger partial charge in [-0.1, -0.05) is 12.1 Å². The van der Waals surface area contributed by atoms with Gasteiger partial charge in [-0.2, -0.15) is 10.2 Å². The molecule has 2 aromatic carbocycles. The normalized spacial score (nSPS) is 11.6. The fourth-order valence-electron chi connectivity index (χ4n) is 2.29. The maximum atomic E-state index is 12.2. The maximum Gasteiger partial charge on any atom is 0.275 e. The first-order valence-electron chi connectivity index (χ1n) is 8.71. The molecule has 0 atom stereocenters. The van der Waals surface area contributed by atoms with Gasteiger partial charge in [-0.3, -0.25) is 9.59 Å². The number of ether oxygens (including phenoxy) is 2. The van der Waals surface area contributed by atoms with Crippen molar-refractivity contribution in [1.29, 1.82) is 0 Å². The zero-order valence-electron chi connectivity index (χ0n) is 16.9. The lowest BCUT2D eigenvalue weighted by molar-refractivity contribution is 0.0942. The number of phenolic OH excluding ortho intramolecular Hbond substituents is 2. The molecule has 0 heterocycles. The number of benzene rings is 2.